The smallest absolute Gasteiger partial charge is 0.180 e. The van der Waals surface area contributed by atoms with Gasteiger partial charge in [0.15, 0.2) is 5.90 Å². The minimum absolute atomic E-state index is 0.238. The molecule has 0 atom stereocenters. The van der Waals surface area contributed by atoms with Crippen LogP contribution in [0.25, 0.3) is 0 Å². The fourth-order valence-corrected chi connectivity index (χ4v) is 0.735. The van der Waals surface area contributed by atoms with Crippen molar-refractivity contribution in [3.8, 4) is 0 Å². The first-order valence-corrected chi connectivity index (χ1v) is 3.73. The number of rotatable bonds is 2. The van der Waals surface area contributed by atoms with Gasteiger partial charge in [-0.05, 0) is 27.7 Å². The highest BCUT2D eigenvalue weighted by molar-refractivity contribution is 5.73. The van der Waals surface area contributed by atoms with E-state index >= 15 is 0 Å². The molecule has 0 rings (SSSR count). The Kier molecular flexibility index (Phi) is 4.08. The molecule has 10 heavy (non-hydrogen) atoms. The third kappa shape index (κ3) is 5.60. The maximum absolute atomic E-state index is 5.31. The van der Waals surface area contributed by atoms with E-state index in [0.717, 1.165) is 5.90 Å². The summed E-state index contributed by atoms with van der Waals surface area (Å²) < 4.78 is 5.31. The summed E-state index contributed by atoms with van der Waals surface area (Å²) in [5, 5.41) is 0. The van der Waals surface area contributed by atoms with Gasteiger partial charge in [-0.1, -0.05) is 0 Å². The van der Waals surface area contributed by atoms with Crippen molar-refractivity contribution in [1.29, 1.82) is 0 Å². The van der Waals surface area contributed by atoms with E-state index in [2.05, 4.69) is 4.99 Å². The highest BCUT2D eigenvalue weighted by atomic mass is 16.5. The van der Waals surface area contributed by atoms with Gasteiger partial charge >= 0.3 is 0 Å². The predicted octanol–water partition coefficient (Wildman–Crippen LogP) is 2.24. The summed E-state index contributed by atoms with van der Waals surface area (Å²) in [6.45, 7) is 9.96. The number of nitrogens with zero attached hydrogens (tertiary/aromatic N) is 1. The number of aliphatic imine (C=N–C) groups is 1. The molecule has 60 valence electrons. The van der Waals surface area contributed by atoms with E-state index in [1.54, 1.807) is 0 Å². The second-order valence-electron chi connectivity index (χ2n) is 2.91. The van der Waals surface area contributed by atoms with E-state index in [9.17, 15) is 0 Å². The van der Waals surface area contributed by atoms with Gasteiger partial charge in [0.2, 0.25) is 0 Å². The monoisotopic (exact) mass is 143 g/mol. The van der Waals surface area contributed by atoms with Gasteiger partial charge in [0, 0.05) is 13.0 Å². The van der Waals surface area contributed by atoms with E-state index in [4.69, 9.17) is 4.74 Å². The molecule has 0 amide bonds. The Morgan fingerprint density at radius 1 is 1.20 bits per heavy atom. The summed E-state index contributed by atoms with van der Waals surface area (Å²) in [6, 6.07) is 0.332. The minimum atomic E-state index is 0.238. The second-order valence-corrected chi connectivity index (χ2v) is 2.91. The van der Waals surface area contributed by atoms with Crippen LogP contribution in [0.5, 0.6) is 0 Å². The van der Waals surface area contributed by atoms with Gasteiger partial charge in [0.1, 0.15) is 0 Å². The molecule has 0 N–H and O–H groups in total. The molecule has 0 aromatic heterocycles. The van der Waals surface area contributed by atoms with Crippen molar-refractivity contribution in [2.24, 2.45) is 4.99 Å². The molecular weight excluding hydrogens is 126 g/mol. The van der Waals surface area contributed by atoms with E-state index in [1.165, 1.54) is 0 Å². The molecule has 0 spiro atoms. The van der Waals surface area contributed by atoms with E-state index in [1.807, 2.05) is 34.6 Å². The van der Waals surface area contributed by atoms with Crippen molar-refractivity contribution in [3.05, 3.63) is 0 Å². The third-order valence-electron chi connectivity index (χ3n) is 0.846. The summed E-state index contributed by atoms with van der Waals surface area (Å²) in [7, 11) is 0. The van der Waals surface area contributed by atoms with E-state index in [-0.39, 0.29) is 6.10 Å². The van der Waals surface area contributed by atoms with Gasteiger partial charge in [-0.25, -0.2) is 0 Å². The summed E-state index contributed by atoms with van der Waals surface area (Å²) in [5.74, 6) is 0.782. The van der Waals surface area contributed by atoms with Crippen LogP contribution in [0, 0.1) is 0 Å². The molecule has 0 saturated carbocycles. The molecule has 0 radical (unpaired) electrons. The molecule has 0 aromatic rings. The average Bonchev–Trinajstić information content (AvgIpc) is 1.58. The molecule has 0 unspecified atom stereocenters. The fraction of sp³-hybridized carbons (Fsp3) is 0.875. The first-order valence-electron chi connectivity index (χ1n) is 3.73. The Hall–Kier alpha value is -0.530. The average molecular weight is 143 g/mol. The van der Waals surface area contributed by atoms with Crippen LogP contribution in [-0.4, -0.2) is 18.0 Å². The summed E-state index contributed by atoms with van der Waals surface area (Å²) >= 11 is 0. The predicted molar refractivity (Wildman–Crippen MR) is 44.5 cm³/mol. The maximum Gasteiger partial charge on any atom is 0.180 e. The van der Waals surface area contributed by atoms with Crippen LogP contribution in [0.2, 0.25) is 0 Å². The number of ether oxygens (including phenoxy) is 1. The molecule has 0 aliphatic heterocycles. The lowest BCUT2D eigenvalue weighted by molar-refractivity contribution is 0.225. The first kappa shape index (κ1) is 9.47. The maximum atomic E-state index is 5.31. The molecular formula is C8H17NO. The van der Waals surface area contributed by atoms with Gasteiger partial charge in [0.25, 0.3) is 0 Å². The van der Waals surface area contributed by atoms with Gasteiger partial charge in [-0.2, -0.15) is 0 Å². The van der Waals surface area contributed by atoms with Crippen LogP contribution in [-0.2, 0) is 4.74 Å². The fourth-order valence-electron chi connectivity index (χ4n) is 0.735. The van der Waals surface area contributed by atoms with Crippen LogP contribution in [0.1, 0.15) is 34.6 Å². The lowest BCUT2D eigenvalue weighted by Gasteiger charge is -2.09. The van der Waals surface area contributed by atoms with Crippen molar-refractivity contribution >= 4 is 5.90 Å². The highest BCUT2D eigenvalue weighted by Crippen LogP contribution is 1.94. The molecule has 0 aliphatic rings. The minimum Gasteiger partial charge on any atom is -0.479 e. The van der Waals surface area contributed by atoms with Crippen LogP contribution in [0.15, 0.2) is 4.99 Å². The molecule has 2 nitrogen and oxygen atoms in total. The zero-order valence-corrected chi connectivity index (χ0v) is 7.51. The van der Waals surface area contributed by atoms with Gasteiger partial charge in [-0.15, -0.1) is 0 Å². The Morgan fingerprint density at radius 3 is 2.00 bits per heavy atom. The molecule has 0 fully saturated rings. The first-order chi connectivity index (χ1) is 4.52. The lowest BCUT2D eigenvalue weighted by atomic mass is 10.4. The van der Waals surface area contributed by atoms with Gasteiger partial charge < -0.3 is 4.74 Å². The van der Waals surface area contributed by atoms with E-state index < -0.39 is 0 Å². The van der Waals surface area contributed by atoms with Gasteiger partial charge in [0.05, 0.1) is 6.10 Å². The molecule has 0 heterocycles. The van der Waals surface area contributed by atoms with Crippen LogP contribution in [0.3, 0.4) is 0 Å². The normalized spacial score (nSPS) is 12.9. The quantitative estimate of drug-likeness (QED) is 0.429. The SMILES string of the molecule is C/C(=N/C(C)C)OC(C)C. The topological polar surface area (TPSA) is 21.6 Å². The van der Waals surface area contributed by atoms with Crippen molar-refractivity contribution < 1.29 is 4.74 Å². The van der Waals surface area contributed by atoms with E-state index in [0.29, 0.717) is 6.04 Å². The van der Waals surface area contributed by atoms with Crippen molar-refractivity contribution in [3.63, 3.8) is 0 Å². The lowest BCUT2D eigenvalue weighted by Crippen LogP contribution is -2.09. The van der Waals surface area contributed by atoms with Crippen molar-refractivity contribution in [2.75, 3.05) is 0 Å². The largest absolute Gasteiger partial charge is 0.479 e. The van der Waals surface area contributed by atoms with Crippen molar-refractivity contribution in [2.45, 2.75) is 46.8 Å². The van der Waals surface area contributed by atoms with Crippen LogP contribution >= 0.6 is 0 Å². The third-order valence-corrected chi connectivity index (χ3v) is 0.846. The number of hydrogen-bond donors (Lipinski definition) is 0. The summed E-state index contributed by atoms with van der Waals surface area (Å²) in [5.41, 5.74) is 0. The zero-order valence-electron chi connectivity index (χ0n) is 7.51. The molecule has 2 heteroatoms. The van der Waals surface area contributed by atoms with Gasteiger partial charge in [-0.3, -0.25) is 4.99 Å². The molecule has 0 bridgehead atoms. The Bertz CT molecular complexity index is 116. The Labute approximate surface area is 63.3 Å². The highest BCUT2D eigenvalue weighted by Gasteiger charge is 1.96. The molecule has 0 saturated heterocycles. The summed E-state index contributed by atoms with van der Waals surface area (Å²) in [6.07, 6.45) is 0.238. The molecule has 0 aromatic carbocycles. The second kappa shape index (κ2) is 4.31. The Morgan fingerprint density at radius 2 is 1.70 bits per heavy atom. The number of hydrogen-bond acceptors (Lipinski definition) is 2. The Balaban J connectivity index is 3.71. The van der Waals surface area contributed by atoms with Crippen LogP contribution < -0.4 is 0 Å². The van der Waals surface area contributed by atoms with Crippen molar-refractivity contribution in [1.82, 2.24) is 0 Å². The zero-order chi connectivity index (χ0) is 8.15. The van der Waals surface area contributed by atoms with Crippen LogP contribution in [0.4, 0.5) is 0 Å². The standard InChI is InChI=1S/C8H17NO/c1-6(2)9-8(5)10-7(3)4/h6-7H,1-5H3/b9-8-. The summed E-state index contributed by atoms with van der Waals surface area (Å²) in [4.78, 5) is 4.21. The molecule has 0 aliphatic carbocycles.